The molecule has 9 nitrogen and oxygen atoms in total. The van der Waals surface area contributed by atoms with Crippen LogP contribution in [0.4, 0.5) is 11.6 Å². The van der Waals surface area contributed by atoms with Crippen LogP contribution in [0.1, 0.15) is 37.8 Å². The monoisotopic (exact) mass is 483 g/mol. The highest BCUT2D eigenvalue weighted by Gasteiger charge is 2.17. The molecule has 0 spiro atoms. The Morgan fingerprint density at radius 3 is 2.61 bits per heavy atom. The smallest absolute Gasteiger partial charge is 0.138 e. The second-order valence-corrected chi connectivity index (χ2v) is 9.66. The number of nitriles is 1. The van der Waals surface area contributed by atoms with Crippen molar-refractivity contribution in [1.82, 2.24) is 19.6 Å². The van der Waals surface area contributed by atoms with Crippen molar-refractivity contribution in [3.05, 3.63) is 66.2 Å². The third kappa shape index (κ3) is 5.24. The molecule has 0 atom stereocenters. The number of hydrogen-bond donors (Lipinski definition) is 2. The molecule has 0 aliphatic carbocycles. The molecule has 0 radical (unpaired) electrons. The fraction of sp³-hybridized carbons (Fsp3) is 0.333. The predicted octanol–water partition coefficient (Wildman–Crippen LogP) is 4.02. The second-order valence-electron chi connectivity index (χ2n) is 9.66. The van der Waals surface area contributed by atoms with Crippen molar-refractivity contribution in [2.45, 2.75) is 38.8 Å². The molecule has 0 bridgehead atoms. The van der Waals surface area contributed by atoms with Gasteiger partial charge in [0.15, 0.2) is 0 Å². The molecule has 0 saturated carbocycles. The Bertz CT molecular complexity index is 1380. The van der Waals surface area contributed by atoms with E-state index in [1.54, 1.807) is 30.8 Å². The molecule has 0 unspecified atom stereocenters. The highest BCUT2D eigenvalue weighted by atomic mass is 16.5. The lowest BCUT2D eigenvalue weighted by Gasteiger charge is -2.18. The van der Waals surface area contributed by atoms with Crippen molar-refractivity contribution in [3.8, 4) is 22.9 Å². The molecule has 1 fully saturated rings. The largest absolute Gasteiger partial charge is 0.489 e. The number of rotatable bonds is 8. The summed E-state index contributed by atoms with van der Waals surface area (Å²) in [4.78, 5) is 11.5. The first-order chi connectivity index (χ1) is 17.4. The summed E-state index contributed by atoms with van der Waals surface area (Å²) >= 11 is 0. The van der Waals surface area contributed by atoms with Crippen LogP contribution in [-0.2, 0) is 6.54 Å². The van der Waals surface area contributed by atoms with Crippen LogP contribution >= 0.6 is 0 Å². The van der Waals surface area contributed by atoms with Gasteiger partial charge in [-0.2, -0.15) is 10.4 Å². The van der Waals surface area contributed by atoms with E-state index in [2.05, 4.69) is 43.5 Å². The van der Waals surface area contributed by atoms with Crippen molar-refractivity contribution < 1.29 is 9.84 Å². The Labute approximate surface area is 210 Å². The number of nitrogens with zero attached hydrogens (tertiary/aromatic N) is 6. The average molecular weight is 484 g/mol. The van der Waals surface area contributed by atoms with Gasteiger partial charge in [-0.1, -0.05) is 6.07 Å². The molecule has 4 aromatic heterocycles. The minimum absolute atomic E-state index is 0.124. The lowest BCUT2D eigenvalue weighted by molar-refractivity contribution is 0.0283. The first-order valence-corrected chi connectivity index (χ1v) is 12.1. The highest BCUT2D eigenvalue weighted by Crippen LogP contribution is 2.31. The van der Waals surface area contributed by atoms with Gasteiger partial charge in [0.25, 0.3) is 0 Å². The predicted molar refractivity (Wildman–Crippen MR) is 138 cm³/mol. The number of aliphatic hydroxyl groups is 1. The average Bonchev–Trinajstić information content (AvgIpc) is 3.56. The van der Waals surface area contributed by atoms with Crippen LogP contribution in [0, 0.1) is 11.3 Å². The number of pyridine rings is 3. The van der Waals surface area contributed by atoms with E-state index in [9.17, 15) is 10.4 Å². The van der Waals surface area contributed by atoms with E-state index >= 15 is 0 Å². The van der Waals surface area contributed by atoms with Crippen molar-refractivity contribution >= 4 is 17.2 Å². The van der Waals surface area contributed by atoms with Crippen LogP contribution in [0.25, 0.3) is 16.6 Å². The van der Waals surface area contributed by atoms with Gasteiger partial charge >= 0.3 is 0 Å². The standard InChI is InChI=1S/C27H29N7O2/c1-27(2,35)18-36-22-11-23(26-21(12-28)16-32-34(26)17-22)20-6-7-24(30-15-20)29-13-19-5-8-25(31-14-19)33-9-3-4-10-33/h5-8,11,14-17,35H,3-4,9-10,13,18H2,1-2H3,(H,29,30). The Balaban J connectivity index is 1.33. The summed E-state index contributed by atoms with van der Waals surface area (Å²) in [6.07, 6.45) is 9.38. The van der Waals surface area contributed by atoms with Gasteiger partial charge in [0.2, 0.25) is 0 Å². The minimum atomic E-state index is -0.976. The SMILES string of the molecule is CC(C)(O)COc1cc(-c2ccc(NCc3ccc(N4CCCC4)nc3)nc2)c2c(C#N)cnn2c1. The maximum atomic E-state index is 10.0. The van der Waals surface area contributed by atoms with Crippen molar-refractivity contribution in [2.24, 2.45) is 0 Å². The topological polar surface area (TPSA) is 112 Å². The number of anilines is 2. The van der Waals surface area contributed by atoms with Crippen LogP contribution in [0.15, 0.2) is 55.1 Å². The maximum absolute atomic E-state index is 10.0. The number of ether oxygens (including phenoxy) is 1. The van der Waals surface area contributed by atoms with Crippen molar-refractivity contribution in [1.29, 1.82) is 5.26 Å². The summed E-state index contributed by atoms with van der Waals surface area (Å²) in [5.74, 6) is 2.32. The van der Waals surface area contributed by atoms with E-state index < -0.39 is 5.60 Å². The summed E-state index contributed by atoms with van der Waals surface area (Å²) in [6.45, 7) is 6.27. The maximum Gasteiger partial charge on any atom is 0.138 e. The van der Waals surface area contributed by atoms with Crippen molar-refractivity contribution in [3.63, 3.8) is 0 Å². The zero-order valence-corrected chi connectivity index (χ0v) is 20.5. The minimum Gasteiger partial charge on any atom is -0.489 e. The molecular weight excluding hydrogens is 454 g/mol. The Morgan fingerprint density at radius 1 is 1.11 bits per heavy atom. The highest BCUT2D eigenvalue weighted by molar-refractivity contribution is 5.85. The quantitative estimate of drug-likeness (QED) is 0.386. The normalized spacial score (nSPS) is 13.7. The van der Waals surface area contributed by atoms with E-state index in [4.69, 9.17) is 4.74 Å². The van der Waals surface area contributed by atoms with Gasteiger partial charge in [-0.25, -0.2) is 14.5 Å². The first kappa shape index (κ1) is 23.6. The number of nitrogens with one attached hydrogen (secondary N) is 1. The molecule has 1 saturated heterocycles. The van der Waals surface area contributed by atoms with Gasteiger partial charge in [0.05, 0.1) is 29.1 Å². The van der Waals surface area contributed by atoms with Crippen LogP contribution in [0.2, 0.25) is 0 Å². The lowest BCUT2D eigenvalue weighted by atomic mass is 10.1. The molecule has 5 heterocycles. The molecule has 1 aliphatic rings. The van der Waals surface area contributed by atoms with E-state index in [1.165, 1.54) is 19.0 Å². The Kier molecular flexibility index (Phi) is 6.44. The summed E-state index contributed by atoms with van der Waals surface area (Å²) < 4.78 is 7.42. The molecule has 36 heavy (non-hydrogen) atoms. The number of aromatic nitrogens is 4. The first-order valence-electron chi connectivity index (χ1n) is 12.1. The Morgan fingerprint density at radius 2 is 1.94 bits per heavy atom. The number of fused-ring (bicyclic) bond motifs is 1. The third-order valence-electron chi connectivity index (χ3n) is 6.09. The fourth-order valence-electron chi connectivity index (χ4n) is 4.24. The Hall–Kier alpha value is -4.16. The zero-order valence-electron chi connectivity index (χ0n) is 20.5. The van der Waals surface area contributed by atoms with Crippen molar-refractivity contribution in [2.75, 3.05) is 29.9 Å². The third-order valence-corrected chi connectivity index (χ3v) is 6.09. The summed E-state index contributed by atoms with van der Waals surface area (Å²) in [7, 11) is 0. The molecule has 2 N–H and O–H groups in total. The molecule has 0 amide bonds. The van der Waals surface area contributed by atoms with Gasteiger partial charge in [-0.3, -0.25) is 0 Å². The van der Waals surface area contributed by atoms with Crippen LogP contribution in [-0.4, -0.2) is 50.0 Å². The molecule has 4 aromatic rings. The summed E-state index contributed by atoms with van der Waals surface area (Å²) in [5, 5.41) is 27.3. The molecule has 184 valence electrons. The zero-order chi connectivity index (χ0) is 25.1. The van der Waals surface area contributed by atoms with Gasteiger partial charge < -0.3 is 20.1 Å². The van der Waals surface area contributed by atoms with Crippen LogP contribution < -0.4 is 15.0 Å². The summed E-state index contributed by atoms with van der Waals surface area (Å²) in [6, 6.07) is 12.1. The van der Waals surface area contributed by atoms with E-state index in [0.29, 0.717) is 23.4 Å². The molecule has 0 aromatic carbocycles. The van der Waals surface area contributed by atoms with Gasteiger partial charge in [0, 0.05) is 43.2 Å². The van der Waals surface area contributed by atoms with Gasteiger partial charge in [0.1, 0.15) is 30.1 Å². The fourth-order valence-corrected chi connectivity index (χ4v) is 4.24. The molecule has 9 heteroatoms. The van der Waals surface area contributed by atoms with E-state index in [-0.39, 0.29) is 6.61 Å². The van der Waals surface area contributed by atoms with Gasteiger partial charge in [-0.05, 0) is 56.5 Å². The van der Waals surface area contributed by atoms with E-state index in [0.717, 1.165) is 41.4 Å². The molecule has 1 aliphatic heterocycles. The van der Waals surface area contributed by atoms with E-state index in [1.807, 2.05) is 24.4 Å². The van der Waals surface area contributed by atoms with Gasteiger partial charge in [-0.15, -0.1) is 0 Å². The summed E-state index contributed by atoms with van der Waals surface area (Å²) in [5.41, 5.74) is 2.85. The lowest BCUT2D eigenvalue weighted by Crippen LogP contribution is -2.27. The second kappa shape index (κ2) is 9.84. The van der Waals surface area contributed by atoms with Crippen LogP contribution in [0.5, 0.6) is 5.75 Å². The van der Waals surface area contributed by atoms with Crippen LogP contribution in [0.3, 0.4) is 0 Å². The molecular formula is C27H29N7O2. The molecule has 5 rings (SSSR count). The number of hydrogen-bond acceptors (Lipinski definition) is 8.